The van der Waals surface area contributed by atoms with Crippen molar-refractivity contribution in [3.63, 3.8) is 0 Å². The van der Waals surface area contributed by atoms with E-state index in [9.17, 15) is 4.79 Å². The van der Waals surface area contributed by atoms with E-state index in [0.29, 0.717) is 17.4 Å². The van der Waals surface area contributed by atoms with Crippen LogP contribution in [0.4, 0.5) is 0 Å². The van der Waals surface area contributed by atoms with Crippen LogP contribution in [-0.4, -0.2) is 23.5 Å². The molecule has 0 aromatic carbocycles. The zero-order valence-electron chi connectivity index (χ0n) is 11.5. The molecule has 3 nitrogen and oxygen atoms in total. The first-order valence-electron chi connectivity index (χ1n) is 6.74. The summed E-state index contributed by atoms with van der Waals surface area (Å²) >= 11 is 6.07. The van der Waals surface area contributed by atoms with Gasteiger partial charge in [0.25, 0.3) is 0 Å². The number of carbonyl (C=O) groups is 1. The van der Waals surface area contributed by atoms with Gasteiger partial charge >= 0.3 is 0 Å². The van der Waals surface area contributed by atoms with Gasteiger partial charge in [-0.2, -0.15) is 0 Å². The van der Waals surface area contributed by atoms with Gasteiger partial charge in [0, 0.05) is 25.9 Å². The van der Waals surface area contributed by atoms with Gasteiger partial charge in [0.15, 0.2) is 5.78 Å². The SMILES string of the molecule is COC1(C(=O)Cc2ccncc2Cl)CCCC(C)C1. The van der Waals surface area contributed by atoms with Crippen LogP contribution >= 0.6 is 11.6 Å². The number of pyridine rings is 1. The maximum absolute atomic E-state index is 12.6. The average molecular weight is 282 g/mol. The molecule has 4 heteroatoms. The Labute approximate surface area is 119 Å². The number of methoxy groups -OCH3 is 1. The third-order valence-corrected chi connectivity index (χ3v) is 4.40. The molecule has 0 amide bonds. The van der Waals surface area contributed by atoms with Gasteiger partial charge in [-0.1, -0.05) is 24.9 Å². The van der Waals surface area contributed by atoms with Crippen molar-refractivity contribution in [1.82, 2.24) is 4.98 Å². The molecule has 0 aliphatic heterocycles. The third kappa shape index (κ3) is 3.15. The fourth-order valence-electron chi connectivity index (χ4n) is 2.94. The molecule has 19 heavy (non-hydrogen) atoms. The molecule has 2 atom stereocenters. The lowest BCUT2D eigenvalue weighted by atomic mass is 9.75. The van der Waals surface area contributed by atoms with E-state index < -0.39 is 5.60 Å². The van der Waals surface area contributed by atoms with Crippen LogP contribution in [0, 0.1) is 5.92 Å². The molecule has 1 aliphatic carbocycles. The highest BCUT2D eigenvalue weighted by atomic mass is 35.5. The first-order valence-corrected chi connectivity index (χ1v) is 7.12. The van der Waals surface area contributed by atoms with Crippen LogP contribution in [0.15, 0.2) is 18.5 Å². The number of hydrogen-bond donors (Lipinski definition) is 0. The highest BCUT2D eigenvalue weighted by molar-refractivity contribution is 6.31. The molecule has 0 N–H and O–H groups in total. The van der Waals surface area contributed by atoms with Crippen LogP contribution in [0.5, 0.6) is 0 Å². The van der Waals surface area contributed by atoms with Gasteiger partial charge in [-0.15, -0.1) is 0 Å². The Bertz CT molecular complexity index is 463. The molecule has 1 saturated carbocycles. The van der Waals surface area contributed by atoms with Crippen LogP contribution in [0.1, 0.15) is 38.2 Å². The fourth-order valence-corrected chi connectivity index (χ4v) is 3.12. The van der Waals surface area contributed by atoms with Gasteiger partial charge in [0.05, 0.1) is 5.02 Å². The van der Waals surface area contributed by atoms with E-state index in [-0.39, 0.29) is 5.78 Å². The van der Waals surface area contributed by atoms with Crippen molar-refractivity contribution in [3.8, 4) is 0 Å². The Kier molecular flexibility index (Phi) is 4.58. The van der Waals surface area contributed by atoms with Crippen LogP contribution in [0.3, 0.4) is 0 Å². The monoisotopic (exact) mass is 281 g/mol. The van der Waals surface area contributed by atoms with Gasteiger partial charge in [-0.3, -0.25) is 9.78 Å². The lowest BCUT2D eigenvalue weighted by molar-refractivity contribution is -0.146. The molecule has 1 aromatic rings. The molecule has 104 valence electrons. The minimum atomic E-state index is -0.621. The maximum atomic E-state index is 12.6. The van der Waals surface area contributed by atoms with Crippen molar-refractivity contribution >= 4 is 17.4 Å². The summed E-state index contributed by atoms with van der Waals surface area (Å²) in [6, 6.07) is 1.80. The topological polar surface area (TPSA) is 39.2 Å². The molecule has 1 fully saturated rings. The van der Waals surface area contributed by atoms with Crippen molar-refractivity contribution in [2.75, 3.05) is 7.11 Å². The second-order valence-corrected chi connectivity index (χ2v) is 5.87. The summed E-state index contributed by atoms with van der Waals surface area (Å²) in [5.74, 6) is 0.667. The lowest BCUT2D eigenvalue weighted by Crippen LogP contribution is -2.45. The van der Waals surface area contributed by atoms with E-state index in [1.165, 1.54) is 6.42 Å². The van der Waals surface area contributed by atoms with Crippen LogP contribution in [-0.2, 0) is 16.0 Å². The third-order valence-electron chi connectivity index (χ3n) is 4.06. The molecule has 1 aliphatic rings. The van der Waals surface area contributed by atoms with Crippen LogP contribution in [0.2, 0.25) is 5.02 Å². The molecule has 0 bridgehead atoms. The number of nitrogens with zero attached hydrogens (tertiary/aromatic N) is 1. The van der Waals surface area contributed by atoms with Crippen molar-refractivity contribution in [2.45, 2.75) is 44.6 Å². The number of Topliss-reactive ketones (excluding diaryl/α,β-unsaturated/α-hetero) is 1. The summed E-state index contributed by atoms with van der Waals surface area (Å²) in [4.78, 5) is 16.6. The number of halogens is 1. The number of hydrogen-bond acceptors (Lipinski definition) is 3. The van der Waals surface area contributed by atoms with Gasteiger partial charge in [-0.25, -0.2) is 0 Å². The summed E-state index contributed by atoms with van der Waals surface area (Å²) in [6.07, 6.45) is 7.41. The van der Waals surface area contributed by atoms with Crippen molar-refractivity contribution in [1.29, 1.82) is 0 Å². The number of ether oxygens (including phenoxy) is 1. The number of ketones is 1. The first kappa shape index (κ1) is 14.5. The average Bonchev–Trinajstić information content (AvgIpc) is 2.41. The maximum Gasteiger partial charge on any atom is 0.169 e. The van der Waals surface area contributed by atoms with Crippen LogP contribution < -0.4 is 0 Å². The summed E-state index contributed by atoms with van der Waals surface area (Å²) in [6.45, 7) is 2.18. The lowest BCUT2D eigenvalue weighted by Gasteiger charge is -2.37. The zero-order valence-corrected chi connectivity index (χ0v) is 12.2. The van der Waals surface area contributed by atoms with Gasteiger partial charge in [0.1, 0.15) is 5.60 Å². The minimum absolute atomic E-state index is 0.134. The number of carbonyl (C=O) groups excluding carboxylic acids is 1. The molecule has 2 rings (SSSR count). The molecule has 2 unspecified atom stereocenters. The van der Waals surface area contributed by atoms with Gasteiger partial charge < -0.3 is 4.74 Å². The Morgan fingerprint density at radius 2 is 2.42 bits per heavy atom. The second-order valence-electron chi connectivity index (χ2n) is 5.47. The molecule has 0 spiro atoms. The van der Waals surface area contributed by atoms with Crippen molar-refractivity contribution < 1.29 is 9.53 Å². The Morgan fingerprint density at radius 1 is 1.63 bits per heavy atom. The predicted octanol–water partition coefficient (Wildman–Crippen LogP) is 3.44. The highest BCUT2D eigenvalue weighted by Gasteiger charge is 2.41. The van der Waals surface area contributed by atoms with E-state index in [0.717, 1.165) is 24.8 Å². The second kappa shape index (κ2) is 6.02. The summed E-state index contributed by atoms with van der Waals surface area (Å²) in [5, 5.41) is 0.547. The van der Waals surface area contributed by atoms with E-state index in [1.54, 1.807) is 25.6 Å². The summed E-state index contributed by atoms with van der Waals surface area (Å²) in [5.41, 5.74) is 0.209. The summed E-state index contributed by atoms with van der Waals surface area (Å²) < 4.78 is 5.61. The van der Waals surface area contributed by atoms with Crippen molar-refractivity contribution in [2.24, 2.45) is 5.92 Å². The Morgan fingerprint density at radius 3 is 3.05 bits per heavy atom. The fraction of sp³-hybridized carbons (Fsp3) is 0.600. The van der Waals surface area contributed by atoms with Gasteiger partial charge in [0.2, 0.25) is 0 Å². The van der Waals surface area contributed by atoms with Gasteiger partial charge in [-0.05, 0) is 36.8 Å². The number of aromatic nitrogens is 1. The Balaban J connectivity index is 2.15. The smallest absolute Gasteiger partial charge is 0.169 e. The molecule has 1 aromatic heterocycles. The minimum Gasteiger partial charge on any atom is -0.370 e. The van der Waals surface area contributed by atoms with E-state index in [2.05, 4.69) is 11.9 Å². The first-order chi connectivity index (χ1) is 9.07. The van der Waals surface area contributed by atoms with E-state index >= 15 is 0 Å². The van der Waals surface area contributed by atoms with Crippen molar-refractivity contribution in [3.05, 3.63) is 29.0 Å². The number of rotatable bonds is 4. The molecule has 0 saturated heterocycles. The normalized spacial score (nSPS) is 27.2. The van der Waals surface area contributed by atoms with E-state index in [4.69, 9.17) is 16.3 Å². The Hall–Kier alpha value is -0.930. The predicted molar refractivity (Wildman–Crippen MR) is 75.3 cm³/mol. The quantitative estimate of drug-likeness (QED) is 0.849. The van der Waals surface area contributed by atoms with Crippen LogP contribution in [0.25, 0.3) is 0 Å². The standard InChI is InChI=1S/C15H20ClNO2/c1-11-4-3-6-15(9-11,19-2)14(18)8-12-5-7-17-10-13(12)16/h5,7,10-11H,3-4,6,8-9H2,1-2H3. The summed E-state index contributed by atoms with van der Waals surface area (Å²) in [7, 11) is 1.64. The molecular weight excluding hydrogens is 262 g/mol. The zero-order chi connectivity index (χ0) is 13.9. The molecule has 1 heterocycles. The largest absolute Gasteiger partial charge is 0.370 e. The highest BCUT2D eigenvalue weighted by Crippen LogP contribution is 2.36. The molecule has 0 radical (unpaired) electrons. The van der Waals surface area contributed by atoms with E-state index in [1.807, 2.05) is 0 Å². The molecular formula is C15H20ClNO2.